The lowest BCUT2D eigenvalue weighted by Crippen LogP contribution is -2.55. The first-order chi connectivity index (χ1) is 15.0. The summed E-state index contributed by atoms with van der Waals surface area (Å²) >= 11 is 0. The Bertz CT molecular complexity index is 937. The molecule has 2 aromatic rings. The zero-order chi connectivity index (χ0) is 22.2. The first-order valence-corrected chi connectivity index (χ1v) is 10.7. The summed E-state index contributed by atoms with van der Waals surface area (Å²) in [5, 5.41) is 10.3. The number of piperazine rings is 1. The van der Waals surface area contributed by atoms with E-state index in [2.05, 4.69) is 15.7 Å². The minimum atomic E-state index is -0.0725. The molecule has 9 heteroatoms. The molecule has 0 unspecified atom stereocenters. The summed E-state index contributed by atoms with van der Waals surface area (Å²) < 4.78 is 1.69. The van der Waals surface area contributed by atoms with Crippen molar-refractivity contribution >= 4 is 23.5 Å². The normalized spacial score (nSPS) is 14.7. The lowest BCUT2D eigenvalue weighted by atomic mass is 10.1. The highest BCUT2D eigenvalue weighted by atomic mass is 16.2. The predicted octanol–water partition coefficient (Wildman–Crippen LogP) is 1.37. The van der Waals surface area contributed by atoms with E-state index in [1.807, 2.05) is 50.2 Å². The SMILES string of the molecule is CCCNC(=O)c1cccc(CN=C(NCC)N2CCN(c3cnn(C)c3)C(=O)C2)c1. The number of hydrogen-bond acceptors (Lipinski definition) is 4. The Morgan fingerprint density at radius 2 is 2.06 bits per heavy atom. The van der Waals surface area contributed by atoms with Gasteiger partial charge in [-0.15, -0.1) is 0 Å². The van der Waals surface area contributed by atoms with Gasteiger partial charge in [-0.2, -0.15) is 5.10 Å². The van der Waals surface area contributed by atoms with Crippen molar-refractivity contribution in [2.75, 3.05) is 37.6 Å². The van der Waals surface area contributed by atoms with Gasteiger partial charge in [0, 0.05) is 45.0 Å². The third-order valence-corrected chi connectivity index (χ3v) is 4.99. The molecule has 1 aromatic carbocycles. The molecule has 0 aliphatic carbocycles. The molecule has 1 aliphatic rings. The number of aromatic nitrogens is 2. The molecule has 2 N–H and O–H groups in total. The fourth-order valence-electron chi connectivity index (χ4n) is 3.42. The minimum Gasteiger partial charge on any atom is -0.356 e. The molecule has 3 rings (SSSR count). The third kappa shape index (κ3) is 5.84. The van der Waals surface area contributed by atoms with Crippen LogP contribution in [0.25, 0.3) is 0 Å². The molecule has 0 bridgehead atoms. The Kier molecular flexibility index (Phi) is 7.64. The molecule has 2 amide bonds. The Balaban J connectivity index is 1.67. The highest BCUT2D eigenvalue weighted by Crippen LogP contribution is 2.16. The van der Waals surface area contributed by atoms with Crippen molar-refractivity contribution < 1.29 is 9.59 Å². The van der Waals surface area contributed by atoms with Crippen LogP contribution in [-0.2, 0) is 18.4 Å². The number of aliphatic imine (C=N–C) groups is 1. The Hall–Kier alpha value is -3.36. The number of anilines is 1. The second-order valence-corrected chi connectivity index (χ2v) is 7.47. The summed E-state index contributed by atoms with van der Waals surface area (Å²) in [7, 11) is 1.84. The van der Waals surface area contributed by atoms with Gasteiger partial charge < -0.3 is 20.4 Å². The lowest BCUT2D eigenvalue weighted by Gasteiger charge is -2.35. The highest BCUT2D eigenvalue weighted by Gasteiger charge is 2.27. The predicted molar refractivity (Wildman–Crippen MR) is 121 cm³/mol. The summed E-state index contributed by atoms with van der Waals surface area (Å²) in [6, 6.07) is 7.49. The van der Waals surface area contributed by atoms with Crippen LogP contribution in [0.3, 0.4) is 0 Å². The Labute approximate surface area is 183 Å². The van der Waals surface area contributed by atoms with Gasteiger partial charge in [0.15, 0.2) is 5.96 Å². The van der Waals surface area contributed by atoms with E-state index >= 15 is 0 Å². The van der Waals surface area contributed by atoms with Crippen molar-refractivity contribution in [3.8, 4) is 0 Å². The van der Waals surface area contributed by atoms with Crippen molar-refractivity contribution in [2.45, 2.75) is 26.8 Å². The quantitative estimate of drug-likeness (QED) is 0.516. The molecule has 9 nitrogen and oxygen atoms in total. The average molecular weight is 426 g/mol. The zero-order valence-corrected chi connectivity index (χ0v) is 18.5. The van der Waals surface area contributed by atoms with Gasteiger partial charge in [0.2, 0.25) is 5.91 Å². The molecule has 1 fully saturated rings. The Morgan fingerprint density at radius 3 is 2.74 bits per heavy atom. The van der Waals surface area contributed by atoms with Crippen LogP contribution >= 0.6 is 0 Å². The molecule has 0 radical (unpaired) electrons. The third-order valence-electron chi connectivity index (χ3n) is 4.99. The van der Waals surface area contributed by atoms with E-state index in [1.165, 1.54) is 0 Å². The van der Waals surface area contributed by atoms with E-state index in [9.17, 15) is 9.59 Å². The average Bonchev–Trinajstić information content (AvgIpc) is 3.21. The number of benzene rings is 1. The number of nitrogens with zero attached hydrogens (tertiary/aromatic N) is 5. The molecule has 0 saturated carbocycles. The molecular formula is C22H31N7O2. The molecule has 0 atom stereocenters. The van der Waals surface area contributed by atoms with Gasteiger partial charge >= 0.3 is 0 Å². The number of carbonyl (C=O) groups excluding carboxylic acids is 2. The summed E-state index contributed by atoms with van der Waals surface area (Å²) in [6.07, 6.45) is 4.45. The van der Waals surface area contributed by atoms with E-state index in [1.54, 1.807) is 21.8 Å². The van der Waals surface area contributed by atoms with Crippen LogP contribution in [-0.4, -0.2) is 65.2 Å². The van der Waals surface area contributed by atoms with Gasteiger partial charge in [0.05, 0.1) is 18.4 Å². The summed E-state index contributed by atoms with van der Waals surface area (Å²) in [4.78, 5) is 33.4. The van der Waals surface area contributed by atoms with E-state index in [0.717, 1.165) is 17.7 Å². The molecule has 1 aromatic heterocycles. The fraction of sp³-hybridized carbons (Fsp3) is 0.455. The van der Waals surface area contributed by atoms with E-state index < -0.39 is 0 Å². The monoisotopic (exact) mass is 425 g/mol. The molecule has 2 heterocycles. The van der Waals surface area contributed by atoms with Crippen molar-refractivity contribution in [3.05, 3.63) is 47.8 Å². The zero-order valence-electron chi connectivity index (χ0n) is 18.5. The first-order valence-electron chi connectivity index (χ1n) is 10.7. The van der Waals surface area contributed by atoms with Crippen LogP contribution in [0.15, 0.2) is 41.7 Å². The van der Waals surface area contributed by atoms with E-state index in [-0.39, 0.29) is 18.4 Å². The summed E-state index contributed by atoms with van der Waals surface area (Å²) in [6.45, 7) is 7.30. The van der Waals surface area contributed by atoms with Gasteiger partial charge in [-0.3, -0.25) is 14.3 Å². The van der Waals surface area contributed by atoms with E-state index in [4.69, 9.17) is 4.99 Å². The number of amides is 2. The van der Waals surface area contributed by atoms with Crippen LogP contribution in [0.5, 0.6) is 0 Å². The van der Waals surface area contributed by atoms with Crippen LogP contribution in [0.2, 0.25) is 0 Å². The van der Waals surface area contributed by atoms with Crippen LogP contribution in [0, 0.1) is 0 Å². The van der Waals surface area contributed by atoms with Gasteiger partial charge in [0.25, 0.3) is 5.91 Å². The number of carbonyl (C=O) groups is 2. The van der Waals surface area contributed by atoms with Crippen molar-refractivity contribution in [1.82, 2.24) is 25.3 Å². The highest BCUT2D eigenvalue weighted by molar-refractivity contribution is 5.98. The molecule has 31 heavy (non-hydrogen) atoms. The smallest absolute Gasteiger partial charge is 0.251 e. The molecule has 1 aliphatic heterocycles. The topological polar surface area (TPSA) is 94.9 Å². The number of rotatable bonds is 7. The van der Waals surface area contributed by atoms with Crippen molar-refractivity contribution in [2.24, 2.45) is 12.0 Å². The maximum Gasteiger partial charge on any atom is 0.251 e. The second-order valence-electron chi connectivity index (χ2n) is 7.47. The summed E-state index contributed by atoms with van der Waals surface area (Å²) in [5.74, 6) is 0.638. The molecule has 1 saturated heterocycles. The van der Waals surface area contributed by atoms with Gasteiger partial charge in [-0.25, -0.2) is 4.99 Å². The maximum absolute atomic E-state index is 12.7. The lowest BCUT2D eigenvalue weighted by molar-refractivity contribution is -0.120. The molecule has 166 valence electrons. The largest absolute Gasteiger partial charge is 0.356 e. The van der Waals surface area contributed by atoms with Gasteiger partial charge in [-0.05, 0) is 31.0 Å². The maximum atomic E-state index is 12.7. The number of aryl methyl sites for hydroxylation is 1. The first kappa shape index (κ1) is 22.3. The standard InChI is InChI=1S/C22H31N7O2/c1-4-9-24-21(31)18-8-6-7-17(12-18)13-25-22(23-5-2)28-10-11-29(20(30)16-28)19-14-26-27(3)15-19/h6-8,12,14-15H,4-5,9-11,13,16H2,1-3H3,(H,23,25)(H,24,31). The molecular weight excluding hydrogens is 394 g/mol. The number of guanidine groups is 1. The second kappa shape index (κ2) is 10.6. The fourth-order valence-corrected chi connectivity index (χ4v) is 3.42. The summed E-state index contributed by atoms with van der Waals surface area (Å²) in [5.41, 5.74) is 2.39. The Morgan fingerprint density at radius 1 is 1.23 bits per heavy atom. The number of nitrogens with one attached hydrogen (secondary N) is 2. The van der Waals surface area contributed by atoms with Crippen LogP contribution in [0.4, 0.5) is 5.69 Å². The van der Waals surface area contributed by atoms with Gasteiger partial charge in [0.1, 0.15) is 6.54 Å². The van der Waals surface area contributed by atoms with Gasteiger partial charge in [-0.1, -0.05) is 19.1 Å². The minimum absolute atomic E-state index is 0.0134. The van der Waals surface area contributed by atoms with Crippen molar-refractivity contribution in [1.29, 1.82) is 0 Å². The van der Waals surface area contributed by atoms with E-state index in [0.29, 0.717) is 44.2 Å². The van der Waals surface area contributed by atoms with Crippen LogP contribution in [0.1, 0.15) is 36.2 Å². The van der Waals surface area contributed by atoms with Crippen molar-refractivity contribution in [3.63, 3.8) is 0 Å². The molecule has 0 spiro atoms. The van der Waals surface area contributed by atoms with Crippen LogP contribution < -0.4 is 15.5 Å². The number of hydrogen-bond donors (Lipinski definition) is 2.